The Hall–Kier alpha value is -2.24. The van der Waals surface area contributed by atoms with E-state index in [0.29, 0.717) is 9.33 Å². The molecule has 1 aliphatic rings. The van der Waals surface area contributed by atoms with Gasteiger partial charge in [0.2, 0.25) is 5.92 Å². The monoisotopic (exact) mass is 532 g/mol. The summed E-state index contributed by atoms with van der Waals surface area (Å²) in [7, 11) is -3.48. The van der Waals surface area contributed by atoms with Gasteiger partial charge in [-0.25, -0.2) is 13.1 Å². The average Bonchev–Trinajstić information content (AvgIpc) is 3.04. The zero-order valence-corrected chi connectivity index (χ0v) is 21.9. The topological polar surface area (TPSA) is 105 Å². The Bertz CT molecular complexity index is 1180. The lowest BCUT2D eigenvalue weighted by Crippen LogP contribution is -2.42. The number of carbonyl (C=O) groups excluding carboxylic acids is 1. The van der Waals surface area contributed by atoms with Crippen LogP contribution in [-0.2, 0) is 17.4 Å². The van der Waals surface area contributed by atoms with E-state index in [2.05, 4.69) is 10.4 Å². The van der Waals surface area contributed by atoms with Crippen molar-refractivity contribution in [3.8, 4) is 0 Å². The van der Waals surface area contributed by atoms with Gasteiger partial charge in [0, 0.05) is 36.9 Å². The summed E-state index contributed by atoms with van der Waals surface area (Å²) in [5.74, 6) is -3.95. The number of hydrogen-bond acceptors (Lipinski definition) is 4. The first-order valence-corrected chi connectivity index (χ1v) is 13.1. The molecule has 1 atom stereocenters. The smallest absolute Gasteiger partial charge is 0.348 e. The summed E-state index contributed by atoms with van der Waals surface area (Å²) >= 11 is 5.96. The van der Waals surface area contributed by atoms with Crippen molar-refractivity contribution in [1.29, 1.82) is 0 Å². The number of hydrogen-bond donors (Lipinski definition) is 2. The van der Waals surface area contributed by atoms with E-state index in [-0.39, 0.29) is 59.9 Å². The molecule has 1 heterocycles. The number of anilines is 2. The number of carbonyl (C=O) groups is 1. The molecule has 1 aliphatic carbocycles. The summed E-state index contributed by atoms with van der Waals surface area (Å²) in [4.78, 5) is 13.4. The first-order chi connectivity index (χ1) is 16.0. The third-order valence-electron chi connectivity index (χ3n) is 6.51. The molecule has 1 amide bonds. The minimum atomic E-state index is -4.96. The van der Waals surface area contributed by atoms with E-state index >= 15 is 0 Å². The largest absolute Gasteiger partial charge is 0.364 e. The van der Waals surface area contributed by atoms with Crippen molar-refractivity contribution in [3.05, 3.63) is 40.7 Å². The summed E-state index contributed by atoms with van der Waals surface area (Å²) in [6.45, 7) is 7.63. The number of rotatable bonds is 6. The molecule has 8 nitrogen and oxygen atoms in total. The number of amides is 1. The Morgan fingerprint density at radius 2 is 1.80 bits per heavy atom. The van der Waals surface area contributed by atoms with Gasteiger partial charge in [-0.2, -0.15) is 13.5 Å². The summed E-state index contributed by atoms with van der Waals surface area (Å²) in [6.07, 6.45) is -0.668. The lowest BCUT2D eigenvalue weighted by molar-refractivity contribution is -0.0384. The Morgan fingerprint density at radius 1 is 1.26 bits per heavy atom. The Labute approximate surface area is 209 Å². The fourth-order valence-electron chi connectivity index (χ4n) is 4.01. The summed E-state index contributed by atoms with van der Waals surface area (Å²) < 4.78 is 65.2. The second-order valence-electron chi connectivity index (χ2n) is 10.1. The van der Waals surface area contributed by atoms with Crippen LogP contribution in [0.4, 0.5) is 20.2 Å². The second kappa shape index (κ2) is 9.67. The maximum Gasteiger partial charge on any atom is 0.364 e. The number of halogens is 3. The van der Waals surface area contributed by atoms with Gasteiger partial charge in [-0.3, -0.25) is 14.0 Å². The highest BCUT2D eigenvalue weighted by molar-refractivity contribution is 7.87. The van der Waals surface area contributed by atoms with E-state index in [1.165, 1.54) is 36.0 Å². The molecule has 1 aromatic carbocycles. The van der Waals surface area contributed by atoms with Crippen molar-refractivity contribution >= 4 is 39.2 Å². The van der Waals surface area contributed by atoms with E-state index in [4.69, 9.17) is 11.6 Å². The first-order valence-electron chi connectivity index (χ1n) is 11.3. The van der Waals surface area contributed by atoms with Crippen molar-refractivity contribution < 1.29 is 26.5 Å². The number of alkyl halides is 2. The number of aryl methyl sites for hydroxylation is 1. The minimum Gasteiger partial charge on any atom is -0.348 e. The van der Waals surface area contributed by atoms with Gasteiger partial charge in [-0.05, 0) is 49.4 Å². The SMILES string of the molecule is C[C@H](NC(=O)c1c(N(c2ccc(Cl)cc2)S(=O)(=O)O)c(C2CCC(F)(F)CC2)nn1C)C(C)(C)C. The molecule has 0 spiro atoms. The van der Waals surface area contributed by atoms with Crippen LogP contribution in [0.3, 0.4) is 0 Å². The molecule has 1 saturated carbocycles. The van der Waals surface area contributed by atoms with Crippen LogP contribution in [0, 0.1) is 5.41 Å². The van der Waals surface area contributed by atoms with E-state index in [1.807, 2.05) is 27.7 Å². The van der Waals surface area contributed by atoms with Crippen LogP contribution in [-0.4, -0.2) is 40.6 Å². The summed E-state index contributed by atoms with van der Waals surface area (Å²) in [5.41, 5.74) is -0.396. The molecule has 1 fully saturated rings. The van der Waals surface area contributed by atoms with E-state index < -0.39 is 28.1 Å². The Morgan fingerprint density at radius 3 is 2.29 bits per heavy atom. The molecule has 194 valence electrons. The first kappa shape index (κ1) is 27.3. The fourth-order valence-corrected chi connectivity index (χ4v) is 4.94. The normalized spacial score (nSPS) is 17.7. The number of nitrogens with zero attached hydrogens (tertiary/aromatic N) is 3. The van der Waals surface area contributed by atoms with E-state index in [9.17, 15) is 26.5 Å². The van der Waals surface area contributed by atoms with Crippen LogP contribution < -0.4 is 9.62 Å². The van der Waals surface area contributed by atoms with Crippen molar-refractivity contribution in [3.63, 3.8) is 0 Å². The standard InChI is InChI=1S/C23H31ClF2N4O4S/c1-14(22(2,3)4)27-21(31)20-19(30(35(32,33)34)17-8-6-16(24)7-9-17)18(28-29(20)5)15-10-12-23(25,26)13-11-15/h6-9,14-15H,10-13H2,1-5H3,(H,27,31)(H,32,33,34)/t14-/m0/s1. The highest BCUT2D eigenvalue weighted by Crippen LogP contribution is 2.46. The van der Waals surface area contributed by atoms with Crippen LogP contribution in [0.15, 0.2) is 24.3 Å². The molecule has 35 heavy (non-hydrogen) atoms. The average molecular weight is 533 g/mol. The summed E-state index contributed by atoms with van der Waals surface area (Å²) in [6, 6.07) is 5.33. The van der Waals surface area contributed by atoms with Gasteiger partial charge in [0.15, 0.2) is 5.69 Å². The predicted molar refractivity (Wildman–Crippen MR) is 131 cm³/mol. The van der Waals surface area contributed by atoms with E-state index in [0.717, 1.165) is 0 Å². The molecule has 0 unspecified atom stereocenters. The van der Waals surface area contributed by atoms with Crippen LogP contribution in [0.5, 0.6) is 0 Å². The lowest BCUT2D eigenvalue weighted by Gasteiger charge is -2.30. The number of aromatic nitrogens is 2. The molecule has 0 radical (unpaired) electrons. The van der Waals surface area contributed by atoms with Crippen molar-refractivity contribution in [2.75, 3.05) is 4.31 Å². The van der Waals surface area contributed by atoms with E-state index in [1.54, 1.807) is 0 Å². The molecule has 0 saturated heterocycles. The van der Waals surface area contributed by atoms with Crippen LogP contribution in [0.2, 0.25) is 5.02 Å². The van der Waals surface area contributed by atoms with Gasteiger partial charge in [0.25, 0.3) is 5.91 Å². The molecule has 2 N–H and O–H groups in total. The fraction of sp³-hybridized carbons (Fsp3) is 0.565. The Balaban J connectivity index is 2.21. The minimum absolute atomic E-state index is 0.0187. The molecule has 12 heteroatoms. The molecule has 0 bridgehead atoms. The summed E-state index contributed by atoms with van der Waals surface area (Å²) in [5, 5.41) is 7.62. The highest BCUT2D eigenvalue weighted by Gasteiger charge is 2.41. The zero-order valence-electron chi connectivity index (χ0n) is 20.3. The van der Waals surface area contributed by atoms with Crippen molar-refractivity contribution in [2.45, 2.75) is 71.3 Å². The van der Waals surface area contributed by atoms with Gasteiger partial charge in [-0.1, -0.05) is 32.4 Å². The van der Waals surface area contributed by atoms with Crippen molar-refractivity contribution in [1.82, 2.24) is 15.1 Å². The molecule has 3 rings (SSSR count). The predicted octanol–water partition coefficient (Wildman–Crippen LogP) is 5.47. The van der Waals surface area contributed by atoms with Crippen molar-refractivity contribution in [2.24, 2.45) is 12.5 Å². The quantitative estimate of drug-likeness (QED) is 0.480. The van der Waals surface area contributed by atoms with Crippen LogP contribution in [0.1, 0.15) is 75.5 Å². The number of nitrogens with one attached hydrogen (secondary N) is 1. The third kappa shape index (κ3) is 6.13. The number of benzene rings is 1. The zero-order chi connectivity index (χ0) is 26.3. The molecule has 0 aliphatic heterocycles. The van der Waals surface area contributed by atoms with Gasteiger partial charge < -0.3 is 5.32 Å². The third-order valence-corrected chi connectivity index (χ3v) is 7.62. The lowest BCUT2D eigenvalue weighted by atomic mass is 9.84. The highest BCUT2D eigenvalue weighted by atomic mass is 35.5. The van der Waals surface area contributed by atoms with Gasteiger partial charge in [0.05, 0.1) is 11.4 Å². The Kier molecular flexibility index (Phi) is 7.55. The molecular formula is C23H31ClF2N4O4S. The van der Waals surface area contributed by atoms with Crippen LogP contribution >= 0.6 is 11.6 Å². The maximum absolute atomic E-state index is 13.9. The molecular weight excluding hydrogens is 502 g/mol. The van der Waals surface area contributed by atoms with Crippen LogP contribution in [0.25, 0.3) is 0 Å². The maximum atomic E-state index is 13.9. The van der Waals surface area contributed by atoms with Gasteiger partial charge >= 0.3 is 10.3 Å². The molecule has 2 aromatic rings. The van der Waals surface area contributed by atoms with Gasteiger partial charge in [-0.15, -0.1) is 0 Å². The second-order valence-corrected chi connectivity index (χ2v) is 11.8. The van der Waals surface area contributed by atoms with Gasteiger partial charge in [0.1, 0.15) is 5.69 Å². The molecule has 1 aromatic heterocycles.